The molecule has 4 heteroatoms. The Morgan fingerprint density at radius 1 is 1.27 bits per heavy atom. The van der Waals surface area contributed by atoms with E-state index in [4.69, 9.17) is 9.15 Å². The van der Waals surface area contributed by atoms with Crippen LogP contribution in [0.15, 0.2) is 47.1 Å². The van der Waals surface area contributed by atoms with E-state index in [1.165, 1.54) is 0 Å². The third-order valence-electron chi connectivity index (χ3n) is 4.73. The first-order valence-electron chi connectivity index (χ1n) is 7.87. The number of para-hydroxylation sites is 1. The van der Waals surface area contributed by atoms with E-state index in [2.05, 4.69) is 6.07 Å². The molecule has 2 aromatic rings. The normalized spacial score (nSPS) is 26.6. The molecule has 1 saturated heterocycles. The smallest absolute Gasteiger partial charge is 0.227 e. The summed E-state index contributed by atoms with van der Waals surface area (Å²) >= 11 is 0. The number of ether oxygens (including phenoxy) is 1. The number of carbonyl (C=O) groups excluding carboxylic acids is 1. The molecule has 1 amide bonds. The van der Waals surface area contributed by atoms with Crippen LogP contribution in [0, 0.1) is 5.92 Å². The zero-order valence-corrected chi connectivity index (χ0v) is 12.6. The number of hydrogen-bond donors (Lipinski definition) is 0. The molecule has 0 bridgehead atoms. The summed E-state index contributed by atoms with van der Waals surface area (Å²) in [7, 11) is 0. The Bertz CT molecular complexity index is 679. The van der Waals surface area contributed by atoms with Crippen LogP contribution in [-0.4, -0.2) is 12.5 Å². The van der Waals surface area contributed by atoms with Crippen molar-refractivity contribution in [3.63, 3.8) is 0 Å². The maximum absolute atomic E-state index is 12.7. The summed E-state index contributed by atoms with van der Waals surface area (Å²) in [6, 6.07) is 11.8. The maximum atomic E-state index is 12.7. The standard InChI is InChI=1S/C18H19NO3/c1-2-16(20)19-14-7-4-3-6-12(14)18-13(9-11-22-18)17(19)15-8-5-10-21-15/h3-8,10,13,17-18H,2,9,11H2,1H3/t13-,17-,18-/m0/s1. The van der Waals surface area contributed by atoms with E-state index in [9.17, 15) is 4.79 Å². The lowest BCUT2D eigenvalue weighted by Gasteiger charge is -2.42. The Balaban J connectivity index is 1.90. The van der Waals surface area contributed by atoms with Gasteiger partial charge in [-0.05, 0) is 24.6 Å². The molecule has 0 N–H and O–H groups in total. The summed E-state index contributed by atoms with van der Waals surface area (Å²) in [6.45, 7) is 2.64. The fourth-order valence-electron chi connectivity index (χ4n) is 3.80. The lowest BCUT2D eigenvalue weighted by molar-refractivity contribution is -0.119. The van der Waals surface area contributed by atoms with Crippen molar-refractivity contribution in [3.8, 4) is 0 Å². The Kier molecular flexibility index (Phi) is 3.26. The van der Waals surface area contributed by atoms with Crippen molar-refractivity contribution in [2.45, 2.75) is 31.9 Å². The first-order chi connectivity index (χ1) is 10.8. The van der Waals surface area contributed by atoms with Crippen LogP contribution in [0.1, 0.15) is 43.2 Å². The highest BCUT2D eigenvalue weighted by Crippen LogP contribution is 2.53. The van der Waals surface area contributed by atoms with Crippen molar-refractivity contribution in [2.75, 3.05) is 11.5 Å². The van der Waals surface area contributed by atoms with Crippen LogP contribution in [0.25, 0.3) is 0 Å². The number of carbonyl (C=O) groups is 1. The van der Waals surface area contributed by atoms with Gasteiger partial charge in [0.2, 0.25) is 5.91 Å². The van der Waals surface area contributed by atoms with E-state index in [1.54, 1.807) is 6.26 Å². The average Bonchev–Trinajstić information content (AvgIpc) is 3.24. The van der Waals surface area contributed by atoms with Crippen molar-refractivity contribution in [1.29, 1.82) is 0 Å². The van der Waals surface area contributed by atoms with Gasteiger partial charge in [-0.2, -0.15) is 0 Å². The van der Waals surface area contributed by atoms with Crippen molar-refractivity contribution in [3.05, 3.63) is 54.0 Å². The highest BCUT2D eigenvalue weighted by Gasteiger charge is 2.47. The van der Waals surface area contributed by atoms with Crippen LogP contribution in [0.2, 0.25) is 0 Å². The zero-order valence-electron chi connectivity index (χ0n) is 12.6. The average molecular weight is 297 g/mol. The van der Waals surface area contributed by atoms with Crippen LogP contribution in [0.3, 0.4) is 0 Å². The zero-order chi connectivity index (χ0) is 15.1. The number of amides is 1. The first-order valence-corrected chi connectivity index (χ1v) is 7.87. The molecule has 0 aliphatic carbocycles. The van der Waals surface area contributed by atoms with Gasteiger partial charge >= 0.3 is 0 Å². The van der Waals surface area contributed by atoms with Crippen LogP contribution in [-0.2, 0) is 9.53 Å². The second-order valence-corrected chi connectivity index (χ2v) is 5.88. The molecule has 3 atom stereocenters. The van der Waals surface area contributed by atoms with Gasteiger partial charge in [0.25, 0.3) is 0 Å². The van der Waals surface area contributed by atoms with Crippen LogP contribution < -0.4 is 4.90 Å². The van der Waals surface area contributed by atoms with Gasteiger partial charge in [0.05, 0.1) is 18.1 Å². The van der Waals surface area contributed by atoms with Gasteiger partial charge < -0.3 is 14.1 Å². The molecular formula is C18H19NO3. The van der Waals surface area contributed by atoms with Gasteiger partial charge in [-0.15, -0.1) is 0 Å². The molecule has 1 aromatic carbocycles. The Morgan fingerprint density at radius 3 is 2.91 bits per heavy atom. The van der Waals surface area contributed by atoms with Crippen LogP contribution >= 0.6 is 0 Å². The number of furan rings is 1. The summed E-state index contributed by atoms with van der Waals surface area (Å²) in [5, 5.41) is 0. The summed E-state index contributed by atoms with van der Waals surface area (Å²) < 4.78 is 11.7. The molecule has 114 valence electrons. The molecule has 0 unspecified atom stereocenters. The minimum absolute atomic E-state index is 0.0483. The molecule has 22 heavy (non-hydrogen) atoms. The maximum Gasteiger partial charge on any atom is 0.227 e. The molecule has 3 heterocycles. The van der Waals surface area contributed by atoms with E-state index in [0.29, 0.717) is 6.42 Å². The highest BCUT2D eigenvalue weighted by atomic mass is 16.5. The third kappa shape index (κ3) is 1.91. The Labute approximate surface area is 129 Å². The predicted octanol–water partition coefficient (Wildman–Crippen LogP) is 3.86. The molecule has 4 nitrogen and oxygen atoms in total. The lowest BCUT2D eigenvalue weighted by Crippen LogP contribution is -2.43. The second-order valence-electron chi connectivity index (χ2n) is 5.88. The number of hydrogen-bond acceptors (Lipinski definition) is 3. The SMILES string of the molecule is CCC(=O)N1c2ccccc2[C@@H]2OCC[C@H]2[C@H]1c1ccco1. The van der Waals surface area contributed by atoms with Gasteiger partial charge in [-0.3, -0.25) is 4.79 Å². The molecule has 1 fully saturated rings. The van der Waals surface area contributed by atoms with Gasteiger partial charge in [0.15, 0.2) is 0 Å². The van der Waals surface area contributed by atoms with Gasteiger partial charge in [0, 0.05) is 24.5 Å². The summed E-state index contributed by atoms with van der Waals surface area (Å²) in [5.41, 5.74) is 2.08. The van der Waals surface area contributed by atoms with E-state index in [1.807, 2.05) is 42.2 Å². The Morgan fingerprint density at radius 2 is 2.14 bits per heavy atom. The molecule has 4 rings (SSSR count). The molecule has 0 saturated carbocycles. The predicted molar refractivity (Wildman–Crippen MR) is 82.5 cm³/mol. The summed E-state index contributed by atoms with van der Waals surface area (Å²) in [5.74, 6) is 1.22. The van der Waals surface area contributed by atoms with Crippen LogP contribution in [0.4, 0.5) is 5.69 Å². The topological polar surface area (TPSA) is 42.7 Å². The van der Waals surface area contributed by atoms with Crippen molar-refractivity contribution in [1.82, 2.24) is 0 Å². The number of benzene rings is 1. The molecule has 2 aliphatic heterocycles. The van der Waals surface area contributed by atoms with Gasteiger partial charge in [-0.25, -0.2) is 0 Å². The van der Waals surface area contributed by atoms with E-state index < -0.39 is 0 Å². The fourth-order valence-corrected chi connectivity index (χ4v) is 3.80. The molecule has 0 spiro atoms. The number of rotatable bonds is 2. The fraction of sp³-hybridized carbons (Fsp3) is 0.389. The Hall–Kier alpha value is -2.07. The second kappa shape index (κ2) is 5.29. The first kappa shape index (κ1) is 13.6. The monoisotopic (exact) mass is 297 g/mol. The van der Waals surface area contributed by atoms with Crippen molar-refractivity contribution in [2.24, 2.45) is 5.92 Å². The van der Waals surface area contributed by atoms with E-state index >= 15 is 0 Å². The summed E-state index contributed by atoms with van der Waals surface area (Å²) in [6.07, 6.45) is 3.14. The van der Waals surface area contributed by atoms with E-state index in [0.717, 1.165) is 30.0 Å². The largest absolute Gasteiger partial charge is 0.467 e. The van der Waals surface area contributed by atoms with Gasteiger partial charge in [0.1, 0.15) is 11.8 Å². The molecule has 0 radical (unpaired) electrons. The molecule has 2 aliphatic rings. The minimum atomic E-state index is -0.0788. The highest BCUT2D eigenvalue weighted by molar-refractivity contribution is 5.95. The van der Waals surface area contributed by atoms with Gasteiger partial charge in [-0.1, -0.05) is 25.1 Å². The minimum Gasteiger partial charge on any atom is -0.467 e. The molecular weight excluding hydrogens is 278 g/mol. The summed E-state index contributed by atoms with van der Waals surface area (Å²) in [4.78, 5) is 14.6. The van der Waals surface area contributed by atoms with Crippen molar-refractivity contribution >= 4 is 11.6 Å². The number of nitrogens with zero attached hydrogens (tertiary/aromatic N) is 1. The third-order valence-corrected chi connectivity index (χ3v) is 4.73. The number of fused-ring (bicyclic) bond motifs is 3. The number of anilines is 1. The lowest BCUT2D eigenvalue weighted by atomic mass is 9.81. The van der Waals surface area contributed by atoms with E-state index in [-0.39, 0.29) is 24.0 Å². The van der Waals surface area contributed by atoms with Crippen molar-refractivity contribution < 1.29 is 13.9 Å². The molecule has 1 aromatic heterocycles. The van der Waals surface area contributed by atoms with Crippen LogP contribution in [0.5, 0.6) is 0 Å². The quantitative estimate of drug-likeness (QED) is 0.845.